The number of nitrogens with zero attached hydrogens (tertiary/aromatic N) is 1. The summed E-state index contributed by atoms with van der Waals surface area (Å²) in [5.41, 5.74) is -0.0927. The molecule has 2 bridgehead atoms. The van der Waals surface area contributed by atoms with Crippen LogP contribution in [0.5, 0.6) is 0 Å². The molecule has 6 atom stereocenters. The minimum Gasteiger partial charge on any atom is -0.482 e. The van der Waals surface area contributed by atoms with Gasteiger partial charge in [0.15, 0.2) is 17.6 Å². The number of hydrogen-bond donors (Lipinski definition) is 0. The number of ether oxygens (including phenoxy) is 2. The number of ketones is 1. The lowest BCUT2D eigenvalue weighted by molar-refractivity contribution is -0.161. The number of carbonyl (C=O) groups is 2. The smallest absolute Gasteiger partial charge is 0.311 e. The fraction of sp³-hybridized carbons (Fsp3) is 0.786. The van der Waals surface area contributed by atoms with E-state index in [1.165, 1.54) is 45.1 Å². The zero-order valence-electron chi connectivity index (χ0n) is 19.7. The highest BCUT2D eigenvalue weighted by molar-refractivity contribution is 5.86. The molecule has 7 rings (SSSR count). The van der Waals surface area contributed by atoms with Crippen LogP contribution in [0.15, 0.2) is 23.7 Å². The summed E-state index contributed by atoms with van der Waals surface area (Å²) >= 11 is 0. The minimum atomic E-state index is -0.336. The van der Waals surface area contributed by atoms with E-state index < -0.39 is 0 Å². The van der Waals surface area contributed by atoms with Crippen LogP contribution in [0.1, 0.15) is 77.0 Å². The summed E-state index contributed by atoms with van der Waals surface area (Å²) in [5.74, 6) is 4.26. The predicted octanol–water partition coefficient (Wildman–Crippen LogP) is 4.77. The Labute approximate surface area is 196 Å². The van der Waals surface area contributed by atoms with Gasteiger partial charge < -0.3 is 9.47 Å². The second-order valence-electron chi connectivity index (χ2n) is 12.1. The van der Waals surface area contributed by atoms with E-state index in [-0.39, 0.29) is 29.2 Å². The molecular formula is C28H37NO4. The van der Waals surface area contributed by atoms with Crippen LogP contribution in [0.25, 0.3) is 0 Å². The number of allylic oxidation sites excluding steroid dienone is 3. The van der Waals surface area contributed by atoms with Crippen LogP contribution in [0.3, 0.4) is 0 Å². The molecule has 4 saturated carbocycles. The van der Waals surface area contributed by atoms with Crippen LogP contribution in [0.4, 0.5) is 0 Å². The second kappa shape index (κ2) is 7.69. The molecule has 33 heavy (non-hydrogen) atoms. The van der Waals surface area contributed by atoms with Crippen molar-refractivity contribution in [2.75, 3.05) is 13.1 Å². The van der Waals surface area contributed by atoms with Crippen LogP contribution >= 0.6 is 0 Å². The van der Waals surface area contributed by atoms with Gasteiger partial charge in [0.05, 0.1) is 0 Å². The Hall–Kier alpha value is -1.62. The van der Waals surface area contributed by atoms with Gasteiger partial charge in [-0.05, 0) is 74.8 Å². The normalized spacial score (nSPS) is 41.8. The standard InChI is InChI=1S/C28H37NO4/c30-22-10-9-20-21-15-19-8-11-23(32-24(31)12-7-17-3-1-2-4-17)26-25(19)28(20,27(22)33-26)13-14-29(21)16-18-5-6-18/h8,11,17-21,25,27H,1-7,9-10,12-16H2/t19?,20?,21?,25?,27-,28-/m0/s1. The van der Waals surface area contributed by atoms with Crippen molar-refractivity contribution in [3.05, 3.63) is 23.7 Å². The van der Waals surface area contributed by atoms with E-state index in [2.05, 4.69) is 11.0 Å². The number of carbonyl (C=O) groups excluding carboxylic acids is 2. The Morgan fingerprint density at radius 3 is 2.82 bits per heavy atom. The molecular weight excluding hydrogens is 414 g/mol. The van der Waals surface area contributed by atoms with E-state index in [9.17, 15) is 9.59 Å². The van der Waals surface area contributed by atoms with Crippen LogP contribution in [0, 0.1) is 35.0 Å². The average Bonchev–Trinajstić information content (AvgIpc) is 3.33. The van der Waals surface area contributed by atoms with Crippen molar-refractivity contribution in [3.8, 4) is 0 Å². The molecule has 1 spiro atoms. The van der Waals surface area contributed by atoms with E-state index in [1.54, 1.807) is 0 Å². The molecule has 2 heterocycles. The van der Waals surface area contributed by atoms with Gasteiger partial charge in [0.2, 0.25) is 0 Å². The van der Waals surface area contributed by atoms with E-state index in [1.807, 2.05) is 6.08 Å². The molecule has 0 aromatic carbocycles. The molecule has 0 N–H and O–H groups in total. The van der Waals surface area contributed by atoms with Crippen molar-refractivity contribution in [2.24, 2.45) is 35.0 Å². The number of Topliss-reactive ketones (excluding diaryl/α,β-unsaturated/α-hetero) is 1. The van der Waals surface area contributed by atoms with Gasteiger partial charge in [0, 0.05) is 36.8 Å². The van der Waals surface area contributed by atoms with Crippen molar-refractivity contribution in [2.45, 2.75) is 89.2 Å². The summed E-state index contributed by atoms with van der Waals surface area (Å²) in [5, 5.41) is 0. The van der Waals surface area contributed by atoms with Gasteiger partial charge in [-0.3, -0.25) is 14.5 Å². The van der Waals surface area contributed by atoms with Gasteiger partial charge >= 0.3 is 5.97 Å². The number of likely N-dealkylation sites (tertiary alicyclic amines) is 1. The van der Waals surface area contributed by atoms with Gasteiger partial charge in [-0.1, -0.05) is 31.8 Å². The van der Waals surface area contributed by atoms with Gasteiger partial charge in [0.25, 0.3) is 0 Å². The second-order valence-corrected chi connectivity index (χ2v) is 12.1. The number of esters is 1. The molecule has 5 heteroatoms. The lowest BCUT2D eigenvalue weighted by Crippen LogP contribution is -2.66. The molecule has 7 aliphatic rings. The fourth-order valence-electron chi connectivity index (χ4n) is 8.74. The molecule has 0 aromatic rings. The summed E-state index contributed by atoms with van der Waals surface area (Å²) in [4.78, 5) is 28.7. The van der Waals surface area contributed by atoms with Gasteiger partial charge in [-0.25, -0.2) is 0 Å². The molecule has 6 fully saturated rings. The third kappa shape index (κ3) is 3.20. The van der Waals surface area contributed by atoms with Crippen molar-refractivity contribution in [3.63, 3.8) is 0 Å². The SMILES string of the molecule is O=C(CCC1CCCC1)OC1=C2O[C@H]3C(=O)CCC4C5CC(C=C1)C2[C@]43CCN5CC1CC1. The first-order valence-electron chi connectivity index (χ1n) is 13.7. The lowest BCUT2D eigenvalue weighted by atomic mass is 9.46. The first kappa shape index (κ1) is 20.7. The first-order chi connectivity index (χ1) is 16.1. The first-order valence-corrected chi connectivity index (χ1v) is 13.7. The Morgan fingerprint density at radius 1 is 1.15 bits per heavy atom. The van der Waals surface area contributed by atoms with Crippen LogP contribution < -0.4 is 0 Å². The zero-order valence-corrected chi connectivity index (χ0v) is 19.7. The Bertz CT molecular complexity index is 913. The van der Waals surface area contributed by atoms with E-state index >= 15 is 0 Å². The quantitative estimate of drug-likeness (QED) is 0.545. The number of rotatable bonds is 6. The predicted molar refractivity (Wildman–Crippen MR) is 123 cm³/mol. The molecule has 2 saturated heterocycles. The molecule has 4 unspecified atom stereocenters. The maximum Gasteiger partial charge on any atom is 0.311 e. The third-order valence-electron chi connectivity index (χ3n) is 10.4. The lowest BCUT2D eigenvalue weighted by Gasteiger charge is -2.61. The van der Waals surface area contributed by atoms with Gasteiger partial charge in [-0.2, -0.15) is 0 Å². The fourth-order valence-corrected chi connectivity index (χ4v) is 8.74. The maximum absolute atomic E-state index is 13.1. The third-order valence-corrected chi connectivity index (χ3v) is 10.4. The summed E-state index contributed by atoms with van der Waals surface area (Å²) in [7, 11) is 0. The van der Waals surface area contributed by atoms with E-state index in [0.717, 1.165) is 43.9 Å². The summed E-state index contributed by atoms with van der Waals surface area (Å²) in [6.45, 7) is 2.33. The molecule has 5 aliphatic carbocycles. The van der Waals surface area contributed by atoms with Gasteiger partial charge in [0.1, 0.15) is 5.76 Å². The maximum atomic E-state index is 13.1. The summed E-state index contributed by atoms with van der Waals surface area (Å²) in [6, 6.07) is 0.569. The van der Waals surface area contributed by atoms with Crippen molar-refractivity contribution in [1.82, 2.24) is 4.90 Å². The topological polar surface area (TPSA) is 55.8 Å². The molecule has 0 amide bonds. The van der Waals surface area contributed by atoms with Gasteiger partial charge in [-0.15, -0.1) is 0 Å². The molecule has 0 radical (unpaired) electrons. The number of hydrogen-bond acceptors (Lipinski definition) is 5. The highest BCUT2D eigenvalue weighted by Gasteiger charge is 2.70. The number of piperidine rings is 1. The Kier molecular flexibility index (Phi) is 4.83. The van der Waals surface area contributed by atoms with Crippen molar-refractivity contribution in [1.29, 1.82) is 0 Å². The zero-order chi connectivity index (χ0) is 22.2. The van der Waals surface area contributed by atoms with Crippen LogP contribution in [-0.2, 0) is 19.1 Å². The molecule has 0 aromatic heterocycles. The van der Waals surface area contributed by atoms with Crippen molar-refractivity contribution < 1.29 is 19.1 Å². The molecule has 5 nitrogen and oxygen atoms in total. The monoisotopic (exact) mass is 451 g/mol. The van der Waals surface area contributed by atoms with E-state index in [0.29, 0.717) is 42.4 Å². The van der Waals surface area contributed by atoms with E-state index in [4.69, 9.17) is 9.47 Å². The molecule has 2 aliphatic heterocycles. The minimum absolute atomic E-state index is 0.0927. The average molecular weight is 452 g/mol. The van der Waals surface area contributed by atoms with Crippen LogP contribution in [0.2, 0.25) is 0 Å². The van der Waals surface area contributed by atoms with Crippen LogP contribution in [-0.4, -0.2) is 41.9 Å². The summed E-state index contributed by atoms with van der Waals surface area (Å²) < 4.78 is 12.5. The largest absolute Gasteiger partial charge is 0.482 e. The summed E-state index contributed by atoms with van der Waals surface area (Å²) in [6.07, 6.45) is 17.1. The molecule has 178 valence electrons. The van der Waals surface area contributed by atoms with Crippen molar-refractivity contribution >= 4 is 11.8 Å². The Morgan fingerprint density at radius 2 is 2.00 bits per heavy atom. The highest BCUT2D eigenvalue weighted by Crippen LogP contribution is 2.68. The highest BCUT2D eigenvalue weighted by atomic mass is 16.6. The Balaban J connectivity index is 1.16.